The van der Waals surface area contributed by atoms with Crippen molar-refractivity contribution in [1.82, 2.24) is 4.98 Å². The quantitative estimate of drug-likeness (QED) is 0.903. The molecular formula is C13H17N3S. The van der Waals surface area contributed by atoms with Crippen LogP contribution in [0.25, 0.3) is 0 Å². The number of likely N-dealkylation sites (N-methyl/N-ethyl adjacent to an activating group) is 1. The molecule has 0 aliphatic heterocycles. The molecule has 4 heteroatoms. The van der Waals surface area contributed by atoms with Crippen LogP contribution < -0.4 is 10.6 Å². The van der Waals surface area contributed by atoms with E-state index < -0.39 is 0 Å². The molecular weight excluding hydrogens is 230 g/mol. The molecule has 0 unspecified atom stereocenters. The first-order valence-electron chi connectivity index (χ1n) is 5.63. The second-order valence-corrected chi connectivity index (χ2v) is 5.07. The third-order valence-electron chi connectivity index (χ3n) is 2.75. The number of rotatable bonds is 4. The van der Waals surface area contributed by atoms with Gasteiger partial charge >= 0.3 is 0 Å². The fraction of sp³-hybridized carbons (Fsp3) is 0.308. The summed E-state index contributed by atoms with van der Waals surface area (Å²) < 4.78 is 0. The molecule has 0 atom stereocenters. The highest BCUT2D eigenvalue weighted by Gasteiger charge is 2.03. The fourth-order valence-corrected chi connectivity index (χ4v) is 2.25. The van der Waals surface area contributed by atoms with Crippen LogP contribution in [0.2, 0.25) is 0 Å². The van der Waals surface area contributed by atoms with E-state index in [4.69, 9.17) is 5.73 Å². The van der Waals surface area contributed by atoms with Crippen molar-refractivity contribution in [2.75, 3.05) is 24.2 Å². The molecule has 0 saturated carbocycles. The smallest absolute Gasteiger partial charge is 0.180 e. The van der Waals surface area contributed by atoms with Crippen LogP contribution in [-0.2, 0) is 6.42 Å². The standard InChI is InChI=1S/C13H17N3S/c1-10-3-5-12(6-4-10)16(2)8-7-11-9-17-13(14)15-11/h3-6,9H,7-8H2,1-2H3,(H2,14,15). The summed E-state index contributed by atoms with van der Waals surface area (Å²) in [5.74, 6) is 0. The van der Waals surface area contributed by atoms with Gasteiger partial charge in [-0.15, -0.1) is 11.3 Å². The van der Waals surface area contributed by atoms with Crippen LogP contribution in [0.1, 0.15) is 11.3 Å². The molecule has 17 heavy (non-hydrogen) atoms. The average molecular weight is 247 g/mol. The van der Waals surface area contributed by atoms with Gasteiger partial charge in [0.2, 0.25) is 0 Å². The van der Waals surface area contributed by atoms with Crippen molar-refractivity contribution in [1.29, 1.82) is 0 Å². The highest BCUT2D eigenvalue weighted by molar-refractivity contribution is 7.13. The number of anilines is 2. The summed E-state index contributed by atoms with van der Waals surface area (Å²) in [7, 11) is 2.10. The lowest BCUT2D eigenvalue weighted by molar-refractivity contribution is 0.859. The van der Waals surface area contributed by atoms with Crippen molar-refractivity contribution in [3.63, 3.8) is 0 Å². The molecule has 90 valence electrons. The van der Waals surface area contributed by atoms with Crippen LogP contribution in [0.4, 0.5) is 10.8 Å². The molecule has 2 N–H and O–H groups in total. The van der Waals surface area contributed by atoms with Crippen LogP contribution in [-0.4, -0.2) is 18.6 Å². The monoisotopic (exact) mass is 247 g/mol. The number of nitrogens with zero attached hydrogens (tertiary/aromatic N) is 2. The van der Waals surface area contributed by atoms with Crippen LogP contribution in [0.15, 0.2) is 29.6 Å². The first kappa shape index (κ1) is 11.9. The van der Waals surface area contributed by atoms with Crippen molar-refractivity contribution >= 4 is 22.2 Å². The number of nitrogens with two attached hydrogens (primary N) is 1. The Bertz CT molecular complexity index is 476. The van der Waals surface area contributed by atoms with E-state index in [1.165, 1.54) is 22.6 Å². The fourth-order valence-electron chi connectivity index (χ4n) is 1.65. The van der Waals surface area contributed by atoms with Gasteiger partial charge in [0.1, 0.15) is 0 Å². The summed E-state index contributed by atoms with van der Waals surface area (Å²) in [4.78, 5) is 6.49. The Morgan fingerprint density at radius 1 is 1.29 bits per heavy atom. The van der Waals surface area contributed by atoms with Crippen molar-refractivity contribution in [3.05, 3.63) is 40.9 Å². The molecule has 0 radical (unpaired) electrons. The number of hydrogen-bond donors (Lipinski definition) is 1. The van der Waals surface area contributed by atoms with Gasteiger partial charge in [0.25, 0.3) is 0 Å². The largest absolute Gasteiger partial charge is 0.375 e. The van der Waals surface area contributed by atoms with Crippen LogP contribution >= 0.6 is 11.3 Å². The van der Waals surface area contributed by atoms with Crippen LogP contribution in [0.3, 0.4) is 0 Å². The second-order valence-electron chi connectivity index (χ2n) is 4.18. The van der Waals surface area contributed by atoms with Gasteiger partial charge in [0, 0.05) is 31.1 Å². The first-order valence-corrected chi connectivity index (χ1v) is 6.51. The van der Waals surface area contributed by atoms with E-state index in [2.05, 4.69) is 48.1 Å². The summed E-state index contributed by atoms with van der Waals surface area (Å²) in [6, 6.07) is 8.55. The van der Waals surface area contributed by atoms with Crippen molar-refractivity contribution in [3.8, 4) is 0 Å². The first-order chi connectivity index (χ1) is 8.15. The minimum Gasteiger partial charge on any atom is -0.375 e. The molecule has 0 fully saturated rings. The van der Waals surface area contributed by atoms with E-state index >= 15 is 0 Å². The van der Waals surface area contributed by atoms with Gasteiger partial charge in [-0.2, -0.15) is 0 Å². The minimum atomic E-state index is 0.651. The summed E-state index contributed by atoms with van der Waals surface area (Å²) in [6.07, 6.45) is 0.929. The van der Waals surface area contributed by atoms with Gasteiger partial charge in [0.15, 0.2) is 5.13 Å². The van der Waals surface area contributed by atoms with E-state index in [0.29, 0.717) is 5.13 Å². The molecule has 1 aromatic carbocycles. The Kier molecular flexibility index (Phi) is 3.64. The maximum absolute atomic E-state index is 5.61. The topological polar surface area (TPSA) is 42.1 Å². The third-order valence-corrected chi connectivity index (χ3v) is 3.47. The second kappa shape index (κ2) is 5.19. The van der Waals surface area contributed by atoms with Gasteiger partial charge in [-0.05, 0) is 19.1 Å². The minimum absolute atomic E-state index is 0.651. The zero-order valence-corrected chi connectivity index (χ0v) is 11.0. The Morgan fingerprint density at radius 3 is 2.59 bits per heavy atom. The molecule has 1 aromatic heterocycles. The molecule has 0 aliphatic carbocycles. The predicted octanol–water partition coefficient (Wildman–Crippen LogP) is 2.71. The predicted molar refractivity (Wildman–Crippen MR) is 74.7 cm³/mol. The number of aromatic nitrogens is 1. The molecule has 1 heterocycles. The number of thiazole rings is 1. The molecule has 3 nitrogen and oxygen atoms in total. The van der Waals surface area contributed by atoms with E-state index in [1.54, 1.807) is 0 Å². The number of nitrogen functional groups attached to an aromatic ring is 1. The van der Waals surface area contributed by atoms with Gasteiger partial charge in [-0.1, -0.05) is 17.7 Å². The molecule has 0 bridgehead atoms. The summed E-state index contributed by atoms with van der Waals surface area (Å²) >= 11 is 1.50. The van der Waals surface area contributed by atoms with Gasteiger partial charge in [0.05, 0.1) is 5.69 Å². The summed E-state index contributed by atoms with van der Waals surface area (Å²) in [6.45, 7) is 3.05. The Morgan fingerprint density at radius 2 is 2.00 bits per heavy atom. The van der Waals surface area contributed by atoms with Gasteiger partial charge < -0.3 is 10.6 Å². The van der Waals surface area contributed by atoms with E-state index in [0.717, 1.165) is 18.7 Å². The SMILES string of the molecule is Cc1ccc(N(C)CCc2csc(N)n2)cc1. The number of benzene rings is 1. The number of hydrogen-bond acceptors (Lipinski definition) is 4. The summed E-state index contributed by atoms with van der Waals surface area (Å²) in [5.41, 5.74) is 9.20. The van der Waals surface area contributed by atoms with E-state index in [9.17, 15) is 0 Å². The summed E-state index contributed by atoms with van der Waals surface area (Å²) in [5, 5.41) is 2.68. The maximum atomic E-state index is 5.61. The molecule has 0 spiro atoms. The normalized spacial score (nSPS) is 10.5. The molecule has 0 saturated heterocycles. The Balaban J connectivity index is 1.93. The zero-order chi connectivity index (χ0) is 12.3. The molecule has 0 amide bonds. The third kappa shape index (κ3) is 3.20. The van der Waals surface area contributed by atoms with E-state index in [1.807, 2.05) is 5.38 Å². The Labute approximate surface area is 106 Å². The van der Waals surface area contributed by atoms with Crippen molar-refractivity contribution in [2.45, 2.75) is 13.3 Å². The Hall–Kier alpha value is -1.55. The van der Waals surface area contributed by atoms with E-state index in [-0.39, 0.29) is 0 Å². The number of aryl methyl sites for hydroxylation is 1. The van der Waals surface area contributed by atoms with Gasteiger partial charge in [-0.3, -0.25) is 0 Å². The van der Waals surface area contributed by atoms with Crippen molar-refractivity contribution in [2.24, 2.45) is 0 Å². The van der Waals surface area contributed by atoms with Gasteiger partial charge in [-0.25, -0.2) is 4.98 Å². The highest BCUT2D eigenvalue weighted by atomic mass is 32.1. The highest BCUT2D eigenvalue weighted by Crippen LogP contribution is 2.15. The molecule has 2 aromatic rings. The lowest BCUT2D eigenvalue weighted by atomic mass is 10.2. The molecule has 2 rings (SSSR count). The lowest BCUT2D eigenvalue weighted by Gasteiger charge is -2.18. The lowest BCUT2D eigenvalue weighted by Crippen LogP contribution is -2.20. The van der Waals surface area contributed by atoms with Crippen molar-refractivity contribution < 1.29 is 0 Å². The van der Waals surface area contributed by atoms with Crippen LogP contribution in [0.5, 0.6) is 0 Å². The average Bonchev–Trinajstić information content (AvgIpc) is 2.73. The maximum Gasteiger partial charge on any atom is 0.180 e. The zero-order valence-electron chi connectivity index (χ0n) is 10.2. The van der Waals surface area contributed by atoms with Crippen LogP contribution in [0, 0.1) is 6.92 Å². The molecule has 0 aliphatic rings.